The van der Waals surface area contributed by atoms with E-state index in [1.807, 2.05) is 0 Å². The van der Waals surface area contributed by atoms with Crippen LogP contribution in [-0.2, 0) is 6.61 Å². The van der Waals surface area contributed by atoms with Gasteiger partial charge < -0.3 is 5.11 Å². The average Bonchev–Trinajstić information content (AvgIpc) is 2.17. The van der Waals surface area contributed by atoms with Gasteiger partial charge in [0.2, 0.25) is 0 Å². The molecule has 0 unspecified atom stereocenters. The first-order chi connectivity index (χ1) is 6.54. The predicted octanol–water partition coefficient (Wildman–Crippen LogP) is 1.61. The van der Waals surface area contributed by atoms with Crippen molar-refractivity contribution >= 4 is 0 Å². The molecule has 0 atom stereocenters. The maximum Gasteiger partial charge on any atom is 0.180 e. The third kappa shape index (κ3) is 1.32. The molecule has 0 aromatic heterocycles. The smallest absolute Gasteiger partial charge is 0.180 e. The fourth-order valence-electron chi connectivity index (χ4n) is 0.914. The van der Waals surface area contributed by atoms with Crippen molar-refractivity contribution in [2.45, 2.75) is 6.61 Å². The van der Waals surface area contributed by atoms with Crippen molar-refractivity contribution in [3.63, 3.8) is 0 Å². The summed E-state index contributed by atoms with van der Waals surface area (Å²) in [7, 11) is 0. The molecule has 0 aliphatic rings. The van der Waals surface area contributed by atoms with E-state index in [4.69, 9.17) is 10.4 Å². The van der Waals surface area contributed by atoms with Crippen molar-refractivity contribution < 1.29 is 22.7 Å². The van der Waals surface area contributed by atoms with Crippen molar-refractivity contribution in [1.82, 2.24) is 0 Å². The van der Waals surface area contributed by atoms with Gasteiger partial charge in [0.15, 0.2) is 23.3 Å². The number of rotatable bonds is 1. The van der Waals surface area contributed by atoms with Crippen LogP contribution in [0.5, 0.6) is 0 Å². The second-order valence-electron chi connectivity index (χ2n) is 2.38. The Labute approximate surface area is 76.0 Å². The van der Waals surface area contributed by atoms with Gasteiger partial charge >= 0.3 is 0 Å². The van der Waals surface area contributed by atoms with Gasteiger partial charge in [0.1, 0.15) is 11.6 Å². The molecular formula is C8H3F4NO. The van der Waals surface area contributed by atoms with Gasteiger partial charge in [-0.15, -0.1) is 0 Å². The van der Waals surface area contributed by atoms with Gasteiger partial charge in [-0.1, -0.05) is 0 Å². The highest BCUT2D eigenvalue weighted by molar-refractivity contribution is 5.37. The lowest BCUT2D eigenvalue weighted by atomic mass is 10.1. The molecule has 0 aliphatic carbocycles. The van der Waals surface area contributed by atoms with Crippen LogP contribution in [0.3, 0.4) is 0 Å². The lowest BCUT2D eigenvalue weighted by Crippen LogP contribution is -2.06. The molecule has 1 aromatic carbocycles. The Bertz CT molecular complexity index is 388. The molecule has 2 nitrogen and oxygen atoms in total. The molecule has 14 heavy (non-hydrogen) atoms. The summed E-state index contributed by atoms with van der Waals surface area (Å²) in [6.45, 7) is -1.18. The van der Waals surface area contributed by atoms with E-state index in [-0.39, 0.29) is 0 Å². The third-order valence-electron chi connectivity index (χ3n) is 1.62. The predicted molar refractivity (Wildman–Crippen MR) is 36.9 cm³/mol. The second-order valence-corrected chi connectivity index (χ2v) is 2.38. The van der Waals surface area contributed by atoms with Crippen LogP contribution in [0.1, 0.15) is 11.1 Å². The largest absolute Gasteiger partial charge is 0.391 e. The molecular weight excluding hydrogens is 202 g/mol. The van der Waals surface area contributed by atoms with Crippen molar-refractivity contribution in [3.05, 3.63) is 34.4 Å². The number of hydrogen-bond donors (Lipinski definition) is 1. The van der Waals surface area contributed by atoms with Crippen molar-refractivity contribution in [2.24, 2.45) is 0 Å². The molecule has 0 amide bonds. The first-order valence-electron chi connectivity index (χ1n) is 3.40. The minimum Gasteiger partial charge on any atom is -0.391 e. The van der Waals surface area contributed by atoms with E-state index in [1.165, 1.54) is 0 Å². The van der Waals surface area contributed by atoms with E-state index in [2.05, 4.69) is 0 Å². The summed E-state index contributed by atoms with van der Waals surface area (Å²) in [6, 6.07) is 0.985. The van der Waals surface area contributed by atoms with Gasteiger partial charge in [0, 0.05) is 0 Å². The number of benzene rings is 1. The Morgan fingerprint density at radius 1 is 1.00 bits per heavy atom. The SMILES string of the molecule is N#Cc1c(F)c(F)c(CO)c(F)c1F. The Morgan fingerprint density at radius 3 is 1.71 bits per heavy atom. The molecule has 0 bridgehead atoms. The number of aliphatic hydroxyl groups excluding tert-OH is 1. The molecule has 6 heteroatoms. The Hall–Kier alpha value is -1.61. The summed E-state index contributed by atoms with van der Waals surface area (Å²) in [5.41, 5.74) is -2.46. The first-order valence-corrected chi connectivity index (χ1v) is 3.40. The van der Waals surface area contributed by atoms with Crippen molar-refractivity contribution in [1.29, 1.82) is 5.26 Å². The number of aliphatic hydroxyl groups is 1. The van der Waals surface area contributed by atoms with Gasteiger partial charge in [0.05, 0.1) is 12.2 Å². The normalized spacial score (nSPS) is 10.0. The van der Waals surface area contributed by atoms with Crippen molar-refractivity contribution in [2.75, 3.05) is 0 Å². The molecule has 0 saturated carbocycles. The minimum atomic E-state index is -1.80. The maximum absolute atomic E-state index is 12.8. The Balaban J connectivity index is 3.66. The van der Waals surface area contributed by atoms with Crippen LogP contribution in [0.25, 0.3) is 0 Å². The molecule has 1 aromatic rings. The standard InChI is InChI=1S/C8H3F4NO/c9-5-3(1-13)6(10)8(12)4(2-14)7(5)11/h14H,2H2. The zero-order chi connectivity index (χ0) is 10.9. The van der Waals surface area contributed by atoms with Crippen LogP contribution in [0.2, 0.25) is 0 Å². The quantitative estimate of drug-likeness (QED) is 0.559. The summed E-state index contributed by atoms with van der Waals surface area (Å²) in [5.74, 6) is -7.09. The molecule has 0 fully saturated rings. The average molecular weight is 205 g/mol. The Kier molecular flexibility index (Phi) is 2.72. The summed E-state index contributed by atoms with van der Waals surface area (Å²) >= 11 is 0. The number of hydrogen-bond acceptors (Lipinski definition) is 2. The maximum atomic E-state index is 12.8. The third-order valence-corrected chi connectivity index (χ3v) is 1.62. The highest BCUT2D eigenvalue weighted by Crippen LogP contribution is 2.23. The van der Waals surface area contributed by atoms with E-state index >= 15 is 0 Å². The molecule has 0 aliphatic heterocycles. The summed E-state index contributed by atoms with van der Waals surface area (Å²) in [5, 5.41) is 16.6. The van der Waals surface area contributed by atoms with Gasteiger partial charge in [0.25, 0.3) is 0 Å². The van der Waals surface area contributed by atoms with Crippen LogP contribution >= 0.6 is 0 Å². The van der Waals surface area contributed by atoms with E-state index < -0.39 is 41.0 Å². The molecule has 0 radical (unpaired) electrons. The van der Waals surface area contributed by atoms with Crippen LogP contribution in [0, 0.1) is 34.6 Å². The number of halogens is 4. The number of nitrogens with zero attached hydrogens (tertiary/aromatic N) is 1. The van der Waals surface area contributed by atoms with Gasteiger partial charge in [-0.05, 0) is 0 Å². The highest BCUT2D eigenvalue weighted by Gasteiger charge is 2.24. The van der Waals surface area contributed by atoms with Crippen LogP contribution in [-0.4, -0.2) is 5.11 Å². The van der Waals surface area contributed by atoms with Crippen LogP contribution in [0.15, 0.2) is 0 Å². The first kappa shape index (κ1) is 10.5. The second kappa shape index (κ2) is 3.64. The van der Waals surface area contributed by atoms with Gasteiger partial charge in [-0.2, -0.15) is 5.26 Å². The minimum absolute atomic E-state index is 0.985. The lowest BCUT2D eigenvalue weighted by Gasteiger charge is -2.05. The molecule has 1 rings (SSSR count). The molecule has 74 valence electrons. The Morgan fingerprint density at radius 2 is 1.43 bits per heavy atom. The van der Waals surface area contributed by atoms with Gasteiger partial charge in [-0.3, -0.25) is 0 Å². The summed E-state index contributed by atoms with van der Waals surface area (Å²) < 4.78 is 51.1. The molecule has 0 spiro atoms. The zero-order valence-electron chi connectivity index (χ0n) is 6.61. The van der Waals surface area contributed by atoms with E-state index in [1.54, 1.807) is 0 Å². The van der Waals surface area contributed by atoms with E-state index in [0.717, 1.165) is 6.07 Å². The monoisotopic (exact) mass is 205 g/mol. The number of nitriles is 1. The molecule has 0 heterocycles. The highest BCUT2D eigenvalue weighted by atomic mass is 19.2. The topological polar surface area (TPSA) is 44.0 Å². The van der Waals surface area contributed by atoms with E-state index in [0.29, 0.717) is 0 Å². The van der Waals surface area contributed by atoms with Crippen molar-refractivity contribution in [3.8, 4) is 6.07 Å². The van der Waals surface area contributed by atoms with Crippen LogP contribution in [0.4, 0.5) is 17.6 Å². The van der Waals surface area contributed by atoms with E-state index in [9.17, 15) is 17.6 Å². The van der Waals surface area contributed by atoms with Gasteiger partial charge in [-0.25, -0.2) is 17.6 Å². The molecule has 1 N–H and O–H groups in total. The molecule has 0 saturated heterocycles. The fraction of sp³-hybridized carbons (Fsp3) is 0.125. The lowest BCUT2D eigenvalue weighted by molar-refractivity contribution is 0.262. The zero-order valence-corrected chi connectivity index (χ0v) is 6.61. The fourth-order valence-corrected chi connectivity index (χ4v) is 0.914. The van der Waals surface area contributed by atoms with Crippen LogP contribution < -0.4 is 0 Å². The summed E-state index contributed by atoms with van der Waals surface area (Å²) in [6.07, 6.45) is 0. The summed E-state index contributed by atoms with van der Waals surface area (Å²) in [4.78, 5) is 0.